The molecule has 1 aromatic carbocycles. The van der Waals surface area contributed by atoms with Gasteiger partial charge >= 0.3 is 0 Å². The van der Waals surface area contributed by atoms with E-state index in [-0.39, 0.29) is 24.0 Å². The second-order valence-corrected chi connectivity index (χ2v) is 6.92. The number of hydrogen-bond donors (Lipinski definition) is 3. The lowest BCUT2D eigenvalue weighted by Gasteiger charge is -2.22. The van der Waals surface area contributed by atoms with Gasteiger partial charge in [-0.2, -0.15) is 0 Å². The molecule has 1 saturated heterocycles. The van der Waals surface area contributed by atoms with Crippen molar-refractivity contribution in [2.75, 3.05) is 38.5 Å². The zero-order valence-corrected chi connectivity index (χ0v) is 18.3. The highest BCUT2D eigenvalue weighted by Crippen LogP contribution is 2.18. The van der Waals surface area contributed by atoms with Gasteiger partial charge in [0.05, 0.1) is 0 Å². The Morgan fingerprint density at radius 1 is 1.20 bits per heavy atom. The number of aliphatic imine (C=N–C) groups is 1. The second kappa shape index (κ2) is 11.6. The molecule has 0 aromatic heterocycles. The van der Waals surface area contributed by atoms with E-state index in [1.165, 1.54) is 5.69 Å². The summed E-state index contributed by atoms with van der Waals surface area (Å²) < 4.78 is 0. The molecule has 25 heavy (non-hydrogen) atoms. The number of nitrogens with zero attached hydrogens (tertiary/aromatic N) is 2. The zero-order chi connectivity index (χ0) is 17.4. The van der Waals surface area contributed by atoms with Crippen molar-refractivity contribution in [2.45, 2.75) is 39.3 Å². The molecule has 142 valence electrons. The van der Waals surface area contributed by atoms with Gasteiger partial charge in [-0.05, 0) is 38.3 Å². The van der Waals surface area contributed by atoms with E-state index >= 15 is 0 Å². The number of guanidine groups is 1. The predicted molar refractivity (Wildman–Crippen MR) is 119 cm³/mol. The maximum atomic E-state index is 4.37. The Balaban J connectivity index is 0.00000312. The number of likely N-dealkylation sites (tertiary alicyclic amines) is 1. The molecule has 0 amide bonds. The van der Waals surface area contributed by atoms with Crippen LogP contribution in [-0.2, 0) is 0 Å². The van der Waals surface area contributed by atoms with E-state index < -0.39 is 0 Å². The third-order valence-electron chi connectivity index (χ3n) is 4.67. The molecule has 1 aromatic rings. The van der Waals surface area contributed by atoms with Gasteiger partial charge in [0.1, 0.15) is 0 Å². The molecule has 1 heterocycles. The number of para-hydroxylation sites is 1. The van der Waals surface area contributed by atoms with Crippen LogP contribution in [-0.4, -0.2) is 56.2 Å². The number of rotatable bonds is 7. The summed E-state index contributed by atoms with van der Waals surface area (Å²) in [5.41, 5.74) is 1.17. The number of anilines is 1. The monoisotopic (exact) mass is 459 g/mol. The van der Waals surface area contributed by atoms with Crippen LogP contribution in [0.3, 0.4) is 0 Å². The van der Waals surface area contributed by atoms with Gasteiger partial charge in [0.15, 0.2) is 5.96 Å². The fraction of sp³-hybridized carbons (Fsp3) is 0.632. The molecular formula is C19H34IN5. The van der Waals surface area contributed by atoms with Crippen LogP contribution in [0, 0.1) is 5.92 Å². The Labute approximate surface area is 170 Å². The average Bonchev–Trinajstić information content (AvgIpc) is 2.95. The highest BCUT2D eigenvalue weighted by molar-refractivity contribution is 14.0. The lowest BCUT2D eigenvalue weighted by atomic mass is 10.1. The predicted octanol–water partition coefficient (Wildman–Crippen LogP) is 3.00. The molecule has 2 rings (SSSR count). The molecular weight excluding hydrogens is 425 g/mol. The van der Waals surface area contributed by atoms with Crippen molar-refractivity contribution in [2.24, 2.45) is 10.9 Å². The number of hydrogen-bond acceptors (Lipinski definition) is 3. The van der Waals surface area contributed by atoms with Crippen molar-refractivity contribution in [1.29, 1.82) is 0 Å². The van der Waals surface area contributed by atoms with Gasteiger partial charge in [-0.3, -0.25) is 9.89 Å². The lowest BCUT2D eigenvalue weighted by molar-refractivity contribution is 0.265. The fourth-order valence-electron chi connectivity index (χ4n) is 3.07. The van der Waals surface area contributed by atoms with Crippen molar-refractivity contribution < 1.29 is 0 Å². The van der Waals surface area contributed by atoms with Crippen molar-refractivity contribution in [1.82, 2.24) is 15.5 Å². The quantitative estimate of drug-likeness (QED) is 0.254. The first-order chi connectivity index (χ1) is 11.6. The third-order valence-corrected chi connectivity index (χ3v) is 4.67. The van der Waals surface area contributed by atoms with Crippen LogP contribution < -0.4 is 16.0 Å². The summed E-state index contributed by atoms with van der Waals surface area (Å²) >= 11 is 0. The van der Waals surface area contributed by atoms with Gasteiger partial charge in [0, 0.05) is 51.0 Å². The number of benzene rings is 1. The molecule has 3 N–H and O–H groups in total. The summed E-state index contributed by atoms with van der Waals surface area (Å²) in [4.78, 5) is 6.89. The molecule has 1 aliphatic heterocycles. The topological polar surface area (TPSA) is 51.7 Å². The number of halogens is 1. The Morgan fingerprint density at radius 2 is 1.92 bits per heavy atom. The highest BCUT2D eigenvalue weighted by Gasteiger charge is 2.31. The van der Waals surface area contributed by atoms with Gasteiger partial charge in [0.25, 0.3) is 0 Å². The molecule has 2 unspecified atom stereocenters. The van der Waals surface area contributed by atoms with E-state index in [1.807, 2.05) is 13.1 Å². The Hall–Kier alpha value is -1.02. The van der Waals surface area contributed by atoms with Gasteiger partial charge in [-0.15, -0.1) is 24.0 Å². The van der Waals surface area contributed by atoms with Crippen LogP contribution >= 0.6 is 24.0 Å². The van der Waals surface area contributed by atoms with Crippen LogP contribution in [0.25, 0.3) is 0 Å². The largest absolute Gasteiger partial charge is 0.385 e. The molecule has 0 bridgehead atoms. The molecule has 6 heteroatoms. The Kier molecular flexibility index (Phi) is 10.2. The first-order valence-corrected chi connectivity index (χ1v) is 9.10. The third kappa shape index (κ3) is 7.40. The molecule has 1 aliphatic rings. The number of nitrogens with one attached hydrogen (secondary N) is 3. The van der Waals surface area contributed by atoms with E-state index in [0.29, 0.717) is 18.0 Å². The van der Waals surface area contributed by atoms with Gasteiger partial charge in [0.2, 0.25) is 0 Å². The zero-order valence-electron chi connectivity index (χ0n) is 16.0. The normalized spacial score (nSPS) is 21.1. The molecule has 1 fully saturated rings. The highest BCUT2D eigenvalue weighted by atomic mass is 127. The smallest absolute Gasteiger partial charge is 0.191 e. The molecule has 0 radical (unpaired) electrons. The molecule has 0 saturated carbocycles. The lowest BCUT2D eigenvalue weighted by Crippen LogP contribution is -2.47. The SMILES string of the molecule is CN=C(NCCCNc1ccccc1)NC1CN(C(C)C)CC1C.I. The summed E-state index contributed by atoms with van der Waals surface area (Å²) in [6, 6.07) is 11.4. The van der Waals surface area contributed by atoms with Crippen molar-refractivity contribution in [3.63, 3.8) is 0 Å². The summed E-state index contributed by atoms with van der Waals surface area (Å²) in [7, 11) is 1.84. The molecule has 2 atom stereocenters. The Bertz CT molecular complexity index is 506. The summed E-state index contributed by atoms with van der Waals surface area (Å²) in [6.45, 7) is 11.0. The minimum Gasteiger partial charge on any atom is -0.385 e. The summed E-state index contributed by atoms with van der Waals surface area (Å²) in [6.07, 6.45) is 1.05. The summed E-state index contributed by atoms with van der Waals surface area (Å²) in [5, 5.41) is 10.4. The minimum absolute atomic E-state index is 0. The average molecular weight is 459 g/mol. The van der Waals surface area contributed by atoms with Crippen LogP contribution in [0.2, 0.25) is 0 Å². The minimum atomic E-state index is 0. The van der Waals surface area contributed by atoms with E-state index in [2.05, 4.69) is 70.9 Å². The van der Waals surface area contributed by atoms with E-state index in [4.69, 9.17) is 0 Å². The first kappa shape index (κ1) is 22.0. The van der Waals surface area contributed by atoms with Gasteiger partial charge in [-0.1, -0.05) is 25.1 Å². The van der Waals surface area contributed by atoms with Gasteiger partial charge in [-0.25, -0.2) is 0 Å². The molecule has 0 spiro atoms. The van der Waals surface area contributed by atoms with Crippen LogP contribution in [0.15, 0.2) is 35.3 Å². The molecule has 0 aliphatic carbocycles. The molecule has 5 nitrogen and oxygen atoms in total. The van der Waals surface area contributed by atoms with Gasteiger partial charge < -0.3 is 16.0 Å². The second-order valence-electron chi connectivity index (χ2n) is 6.92. The van der Waals surface area contributed by atoms with E-state index in [0.717, 1.165) is 38.6 Å². The van der Waals surface area contributed by atoms with Crippen LogP contribution in [0.4, 0.5) is 5.69 Å². The van der Waals surface area contributed by atoms with Crippen molar-refractivity contribution in [3.8, 4) is 0 Å². The first-order valence-electron chi connectivity index (χ1n) is 9.10. The van der Waals surface area contributed by atoms with Crippen LogP contribution in [0.5, 0.6) is 0 Å². The maximum Gasteiger partial charge on any atom is 0.191 e. The van der Waals surface area contributed by atoms with Crippen LogP contribution in [0.1, 0.15) is 27.2 Å². The van der Waals surface area contributed by atoms with E-state index in [9.17, 15) is 0 Å². The maximum absolute atomic E-state index is 4.37. The van der Waals surface area contributed by atoms with Crippen molar-refractivity contribution >= 4 is 35.6 Å². The Morgan fingerprint density at radius 3 is 2.52 bits per heavy atom. The standard InChI is InChI=1S/C19H33N5.HI/c1-15(2)24-13-16(3)18(14-24)23-19(20-4)22-12-8-11-21-17-9-6-5-7-10-17;/h5-7,9-10,15-16,18,21H,8,11-14H2,1-4H3,(H2,20,22,23);1H. The summed E-state index contributed by atoms with van der Waals surface area (Å²) in [5.74, 6) is 1.56. The van der Waals surface area contributed by atoms with Crippen molar-refractivity contribution in [3.05, 3.63) is 30.3 Å². The van der Waals surface area contributed by atoms with E-state index in [1.54, 1.807) is 0 Å². The fourth-order valence-corrected chi connectivity index (χ4v) is 3.07.